The summed E-state index contributed by atoms with van der Waals surface area (Å²) >= 11 is 0. The average Bonchev–Trinajstić information content (AvgIpc) is 2.52. The van der Waals surface area contributed by atoms with E-state index in [0.29, 0.717) is 24.8 Å². The van der Waals surface area contributed by atoms with Crippen molar-refractivity contribution < 1.29 is 27.5 Å². The van der Waals surface area contributed by atoms with Crippen LogP contribution in [0.4, 0.5) is 17.6 Å². The van der Waals surface area contributed by atoms with Crippen LogP contribution in [0.5, 0.6) is 0 Å². The van der Waals surface area contributed by atoms with Gasteiger partial charge in [0.15, 0.2) is 0 Å². The minimum atomic E-state index is -4.55. The Labute approximate surface area is 135 Å². The van der Waals surface area contributed by atoms with Crippen molar-refractivity contribution in [1.29, 1.82) is 0 Å². The number of hydrogen-bond donors (Lipinski definition) is 1. The quantitative estimate of drug-likeness (QED) is 0.782. The van der Waals surface area contributed by atoms with Gasteiger partial charge in [-0.05, 0) is 66.3 Å². The third-order valence-corrected chi connectivity index (χ3v) is 4.40. The first kappa shape index (κ1) is 16.5. The van der Waals surface area contributed by atoms with Crippen molar-refractivity contribution in [2.75, 3.05) is 0 Å². The molecular formula is C18H14F4O2. The Balaban J connectivity index is 2.17. The number of alkyl halides is 3. The molecule has 0 heterocycles. The first-order valence-electron chi connectivity index (χ1n) is 7.50. The zero-order chi connectivity index (χ0) is 17.5. The van der Waals surface area contributed by atoms with Gasteiger partial charge in [-0.25, -0.2) is 9.18 Å². The summed E-state index contributed by atoms with van der Waals surface area (Å²) in [7, 11) is 0. The van der Waals surface area contributed by atoms with E-state index in [4.69, 9.17) is 0 Å². The molecule has 3 rings (SSSR count). The highest BCUT2D eigenvalue weighted by Crippen LogP contribution is 2.40. The summed E-state index contributed by atoms with van der Waals surface area (Å²) in [5.74, 6) is -2.16. The molecular weight excluding hydrogens is 324 g/mol. The van der Waals surface area contributed by atoms with Gasteiger partial charge in [-0.1, -0.05) is 6.07 Å². The van der Waals surface area contributed by atoms with Gasteiger partial charge >= 0.3 is 12.1 Å². The minimum absolute atomic E-state index is 0.130. The zero-order valence-corrected chi connectivity index (χ0v) is 12.5. The van der Waals surface area contributed by atoms with E-state index in [-0.39, 0.29) is 11.1 Å². The van der Waals surface area contributed by atoms with E-state index in [9.17, 15) is 27.5 Å². The molecule has 1 unspecified atom stereocenters. The van der Waals surface area contributed by atoms with Gasteiger partial charge in [0.1, 0.15) is 5.82 Å². The van der Waals surface area contributed by atoms with Gasteiger partial charge in [0.05, 0.1) is 11.1 Å². The monoisotopic (exact) mass is 338 g/mol. The van der Waals surface area contributed by atoms with Crippen LogP contribution in [-0.4, -0.2) is 11.1 Å². The van der Waals surface area contributed by atoms with E-state index < -0.39 is 29.4 Å². The van der Waals surface area contributed by atoms with Crippen LogP contribution in [0.25, 0.3) is 0 Å². The highest BCUT2D eigenvalue weighted by atomic mass is 19.4. The number of fused-ring (bicyclic) bond motifs is 1. The number of benzene rings is 2. The van der Waals surface area contributed by atoms with Crippen LogP contribution < -0.4 is 0 Å². The van der Waals surface area contributed by atoms with E-state index >= 15 is 0 Å². The van der Waals surface area contributed by atoms with Crippen molar-refractivity contribution in [3.63, 3.8) is 0 Å². The van der Waals surface area contributed by atoms with E-state index in [0.717, 1.165) is 23.8 Å². The molecule has 126 valence electrons. The van der Waals surface area contributed by atoms with E-state index in [1.165, 1.54) is 12.1 Å². The maximum Gasteiger partial charge on any atom is 0.416 e. The number of carbonyl (C=O) groups is 1. The number of aryl methyl sites for hydroxylation is 1. The Morgan fingerprint density at radius 3 is 2.50 bits per heavy atom. The molecule has 0 saturated carbocycles. The maximum absolute atomic E-state index is 13.4. The lowest BCUT2D eigenvalue weighted by Crippen LogP contribution is -2.16. The molecule has 0 bridgehead atoms. The standard InChI is InChI=1S/C18H14F4O2/c19-12-5-7-13-10(8-12)2-1-3-14(13)16-9-11(18(20,21)22)4-6-15(16)17(23)24/h4-9,14H,1-3H2,(H,23,24). The Hall–Kier alpha value is -2.37. The summed E-state index contributed by atoms with van der Waals surface area (Å²) in [6, 6.07) is 6.85. The van der Waals surface area contributed by atoms with Crippen LogP contribution in [0.3, 0.4) is 0 Å². The molecule has 0 fully saturated rings. The molecule has 1 aliphatic carbocycles. The molecule has 1 N–H and O–H groups in total. The SMILES string of the molecule is O=C(O)c1ccc(C(F)(F)F)cc1C1CCCc2cc(F)ccc21. The largest absolute Gasteiger partial charge is 0.478 e. The molecule has 0 aromatic heterocycles. The van der Waals surface area contributed by atoms with Crippen LogP contribution in [0.15, 0.2) is 36.4 Å². The second-order valence-electron chi connectivity index (χ2n) is 5.89. The van der Waals surface area contributed by atoms with Crippen LogP contribution in [0, 0.1) is 5.82 Å². The summed E-state index contributed by atoms with van der Waals surface area (Å²) < 4.78 is 52.5. The number of rotatable bonds is 2. The molecule has 2 aromatic rings. The second kappa shape index (κ2) is 5.92. The summed E-state index contributed by atoms with van der Waals surface area (Å²) in [4.78, 5) is 11.5. The third-order valence-electron chi connectivity index (χ3n) is 4.40. The van der Waals surface area contributed by atoms with Gasteiger partial charge in [-0.3, -0.25) is 0 Å². The topological polar surface area (TPSA) is 37.3 Å². The van der Waals surface area contributed by atoms with Crippen molar-refractivity contribution in [3.05, 3.63) is 70.0 Å². The van der Waals surface area contributed by atoms with Crippen LogP contribution in [0.2, 0.25) is 0 Å². The number of halogens is 4. The smallest absolute Gasteiger partial charge is 0.416 e. The molecule has 2 nitrogen and oxygen atoms in total. The second-order valence-corrected chi connectivity index (χ2v) is 5.89. The Morgan fingerprint density at radius 1 is 1.08 bits per heavy atom. The Bertz CT molecular complexity index is 796. The van der Waals surface area contributed by atoms with Gasteiger partial charge < -0.3 is 5.11 Å². The lowest BCUT2D eigenvalue weighted by atomic mass is 9.77. The lowest BCUT2D eigenvalue weighted by Gasteiger charge is -2.27. The molecule has 24 heavy (non-hydrogen) atoms. The number of carboxylic acids is 1. The third kappa shape index (κ3) is 3.00. The fourth-order valence-corrected chi connectivity index (χ4v) is 3.33. The molecule has 0 radical (unpaired) electrons. The molecule has 1 aliphatic rings. The van der Waals surface area contributed by atoms with Gasteiger partial charge in [0, 0.05) is 5.92 Å². The highest BCUT2D eigenvalue weighted by molar-refractivity contribution is 5.90. The highest BCUT2D eigenvalue weighted by Gasteiger charge is 2.33. The maximum atomic E-state index is 13.4. The van der Waals surface area contributed by atoms with Crippen molar-refractivity contribution in [3.8, 4) is 0 Å². The fourth-order valence-electron chi connectivity index (χ4n) is 3.33. The summed E-state index contributed by atoms with van der Waals surface area (Å²) in [6.45, 7) is 0. The van der Waals surface area contributed by atoms with Crippen molar-refractivity contribution in [2.45, 2.75) is 31.4 Å². The molecule has 2 aromatic carbocycles. The van der Waals surface area contributed by atoms with Crippen molar-refractivity contribution in [1.82, 2.24) is 0 Å². The van der Waals surface area contributed by atoms with E-state index in [1.807, 2.05) is 0 Å². The van der Waals surface area contributed by atoms with Gasteiger partial charge in [0.2, 0.25) is 0 Å². The normalized spacial score (nSPS) is 17.4. The fraction of sp³-hybridized carbons (Fsp3) is 0.278. The van der Waals surface area contributed by atoms with Gasteiger partial charge in [-0.2, -0.15) is 13.2 Å². The number of carboxylic acid groups (broad SMARTS) is 1. The van der Waals surface area contributed by atoms with Crippen LogP contribution >= 0.6 is 0 Å². The van der Waals surface area contributed by atoms with Gasteiger partial charge in [0.25, 0.3) is 0 Å². The zero-order valence-electron chi connectivity index (χ0n) is 12.5. The van der Waals surface area contributed by atoms with E-state index in [1.54, 1.807) is 6.07 Å². The van der Waals surface area contributed by atoms with Gasteiger partial charge in [-0.15, -0.1) is 0 Å². The predicted octanol–water partition coefficient (Wildman–Crippen LogP) is 5.01. The molecule has 6 heteroatoms. The summed E-state index contributed by atoms with van der Waals surface area (Å²) in [5, 5.41) is 9.34. The summed E-state index contributed by atoms with van der Waals surface area (Å²) in [5.41, 5.74) is 0.524. The first-order valence-corrected chi connectivity index (χ1v) is 7.50. The van der Waals surface area contributed by atoms with Crippen LogP contribution in [0.1, 0.15) is 51.4 Å². The molecule has 1 atom stereocenters. The first-order chi connectivity index (χ1) is 11.3. The Morgan fingerprint density at radius 2 is 1.83 bits per heavy atom. The molecule has 0 aliphatic heterocycles. The van der Waals surface area contributed by atoms with Crippen molar-refractivity contribution in [2.24, 2.45) is 0 Å². The minimum Gasteiger partial charge on any atom is -0.478 e. The predicted molar refractivity (Wildman–Crippen MR) is 79.6 cm³/mol. The average molecular weight is 338 g/mol. The molecule has 0 spiro atoms. The molecule has 0 saturated heterocycles. The number of aromatic carboxylic acids is 1. The van der Waals surface area contributed by atoms with Crippen molar-refractivity contribution >= 4 is 5.97 Å². The summed E-state index contributed by atoms with van der Waals surface area (Å²) in [6.07, 6.45) is -2.73. The number of hydrogen-bond acceptors (Lipinski definition) is 1. The van der Waals surface area contributed by atoms with Crippen LogP contribution in [-0.2, 0) is 12.6 Å². The van der Waals surface area contributed by atoms with E-state index in [2.05, 4.69) is 0 Å². The molecule has 0 amide bonds. The Kier molecular flexibility index (Phi) is 4.07. The lowest BCUT2D eigenvalue weighted by molar-refractivity contribution is -0.137.